The van der Waals surface area contributed by atoms with Gasteiger partial charge in [0.1, 0.15) is 53.9 Å². The van der Waals surface area contributed by atoms with Crippen molar-refractivity contribution in [2.75, 3.05) is 152 Å². The summed E-state index contributed by atoms with van der Waals surface area (Å²) in [6, 6.07) is 9.16. The van der Waals surface area contributed by atoms with Gasteiger partial charge in [-0.1, -0.05) is 89.3 Å². The molecule has 10 rings (SSSR count). The van der Waals surface area contributed by atoms with Gasteiger partial charge in [0, 0.05) is 101 Å². The number of cyclic esters (lactones) is 1. The van der Waals surface area contributed by atoms with Gasteiger partial charge in [0.15, 0.2) is 11.4 Å². The number of nitrogens with one attached hydrogen (secondary N) is 2. The second-order valence-corrected chi connectivity index (χ2v) is 34.0. The Bertz CT molecular complexity index is 4400. The molecule has 33 nitrogen and oxygen atoms in total. The SMILES string of the molecule is CO[C@H]1C[C@@H]2CC[C@@H](C)[C@@](O)(O2)C(=O)C(=O)N2CCCC[C@H]2C(=O)O[C@H]([C@H](C)C[C@@H]2CC[C@@H](OC(=O)NCCOCCOCCOCCOCCOCCOCCOCCOCCC(=O)N3CCc4cc(Cn5nc(-c6cnc7[nH]ccc7c6)c6c(N)ncnc65)ccc4C3)[C@H](OC)C2)C[C@@H](O)[C@H](C)/C=C(\C)[C@@H](O)[C@@H](OC)C(=O)[C@H](C)C[C@H](C)/C=C/C=C/C=C/1C. The number of anilines is 1. The maximum absolute atomic E-state index is 14.8. The van der Waals surface area contributed by atoms with Crippen LogP contribution in [0.2, 0.25) is 0 Å². The van der Waals surface area contributed by atoms with E-state index in [1.54, 1.807) is 47.3 Å². The van der Waals surface area contributed by atoms with Crippen LogP contribution in [0.3, 0.4) is 0 Å². The summed E-state index contributed by atoms with van der Waals surface area (Å²) in [5.41, 5.74) is 14.0. The summed E-state index contributed by atoms with van der Waals surface area (Å²) in [7, 11) is 4.52. The number of ether oxygens (including phenoxy) is 14. The van der Waals surface area contributed by atoms with E-state index in [1.807, 2.05) is 86.0 Å². The van der Waals surface area contributed by atoms with Gasteiger partial charge in [-0.3, -0.25) is 19.2 Å². The van der Waals surface area contributed by atoms with Crippen LogP contribution < -0.4 is 11.1 Å². The topological polar surface area (TPSA) is 409 Å². The molecule has 1 aromatic carbocycles. The highest BCUT2D eigenvalue weighted by molar-refractivity contribution is 6.39. The van der Waals surface area contributed by atoms with Crippen LogP contribution in [0.25, 0.3) is 33.3 Å². The number of piperidine rings is 1. The number of alkyl carbamates (subject to hydrolysis) is 1. The number of esters is 1. The van der Waals surface area contributed by atoms with E-state index in [-0.39, 0.29) is 68.4 Å². The molecule has 2 saturated heterocycles. The molecule has 126 heavy (non-hydrogen) atoms. The number of fused-ring (bicyclic) bond motifs is 6. The standard InChI is InChI=1S/C93H136N10O23/c1-60-16-12-11-13-17-61(2)77(113-8)54-73-23-19-66(7)93(112,126-73)86(108)90(109)102-30-15-14-18-74(102)91(110)124-78(55-75(104)62(3)49-65(6)84(107)85(115-10)83(106)64(5)48-60)63(4)50-67-21-24-76(79(52-67)114-9)125-92(111)96-29-33-117-35-37-119-39-41-121-43-45-123-47-46-122-44-42-120-40-38-118-36-34-116-32-27-80(105)101-31-26-69-51-68(20-22-71(69)58-101)57-103-89-81(87(94)98-59-99-89)82(100-103)72-53-70-25-28-95-88(70)97-56-72/h11-13,16-17,20,22,25,28,49,51,53,56,59-60,62-64,66-67,73-79,84-85,104,107,112H,14-15,18-19,21,23-24,26-27,29-48,50,52,54-55,57-58H2,1-10H3,(H,95,97)(H,96,111)(H2,94,98,99)/b13-11+,16-12+,61-17+,65-49+/t60-,62-,63-,64-,66-,67+,73+,74+,75-,76-,77+,78+,79-,84-,85+,93-/m1/s1. The Morgan fingerprint density at radius 1 is 0.714 bits per heavy atom. The molecule has 3 amide bonds. The lowest BCUT2D eigenvalue weighted by atomic mass is 9.78. The normalized spacial score (nSPS) is 27.7. The van der Waals surface area contributed by atoms with Gasteiger partial charge in [-0.25, -0.2) is 29.2 Å². The van der Waals surface area contributed by atoms with Crippen LogP contribution in [0, 0.1) is 35.5 Å². The molecule has 4 aromatic heterocycles. The third kappa shape index (κ3) is 29.1. The molecule has 33 heteroatoms. The molecule has 696 valence electrons. The zero-order valence-electron chi connectivity index (χ0n) is 75.2. The number of hydrogen-bond acceptors (Lipinski definition) is 28. The minimum Gasteiger partial charge on any atom is -0.460 e. The number of methoxy groups -OCH3 is 3. The van der Waals surface area contributed by atoms with Gasteiger partial charge in [-0.2, -0.15) is 5.10 Å². The van der Waals surface area contributed by atoms with E-state index >= 15 is 0 Å². The second-order valence-electron chi connectivity index (χ2n) is 34.0. The van der Waals surface area contributed by atoms with Gasteiger partial charge in [-0.15, -0.1) is 0 Å². The van der Waals surface area contributed by atoms with Crippen molar-refractivity contribution in [2.24, 2.45) is 35.5 Å². The fourth-order valence-electron chi connectivity index (χ4n) is 17.2. The van der Waals surface area contributed by atoms with Crippen molar-refractivity contribution in [1.29, 1.82) is 0 Å². The monoisotopic (exact) mass is 1760 g/mol. The van der Waals surface area contributed by atoms with E-state index in [0.29, 0.717) is 211 Å². The number of nitrogens with zero attached hydrogens (tertiary/aromatic N) is 7. The Morgan fingerprint density at radius 3 is 2.07 bits per heavy atom. The Morgan fingerprint density at radius 2 is 1.40 bits per heavy atom. The largest absolute Gasteiger partial charge is 0.460 e. The molecule has 1 saturated carbocycles. The molecule has 5 aliphatic rings. The first-order chi connectivity index (χ1) is 60.9. The summed E-state index contributed by atoms with van der Waals surface area (Å²) in [5.74, 6) is -7.50. The number of aliphatic hydroxyl groups is 3. The van der Waals surface area contributed by atoms with Crippen molar-refractivity contribution in [3.8, 4) is 11.3 Å². The van der Waals surface area contributed by atoms with E-state index in [2.05, 4.69) is 43.5 Å². The molecule has 4 aliphatic heterocycles. The van der Waals surface area contributed by atoms with Crippen molar-refractivity contribution >= 4 is 63.3 Å². The minimum atomic E-state index is -2.47. The number of nitrogen functional groups attached to an aromatic ring is 1. The zero-order chi connectivity index (χ0) is 90.1. The van der Waals surface area contributed by atoms with Gasteiger partial charge in [0.25, 0.3) is 11.7 Å². The van der Waals surface area contributed by atoms with Gasteiger partial charge < -0.3 is 107 Å². The van der Waals surface area contributed by atoms with Crippen LogP contribution in [-0.4, -0.2) is 298 Å². The number of ketones is 2. The molecular weight excluding hydrogens is 1630 g/mol. The predicted octanol–water partition coefficient (Wildman–Crippen LogP) is 9.13. The van der Waals surface area contributed by atoms with E-state index < -0.39 is 102 Å². The Hall–Kier alpha value is -8.36. The molecule has 0 unspecified atom stereocenters. The number of Topliss-reactive ketones (excluding diaryl/α,β-unsaturated/α-hetero) is 2. The Balaban J connectivity index is 0.553. The molecule has 3 fully saturated rings. The van der Waals surface area contributed by atoms with Crippen LogP contribution in [0.5, 0.6) is 0 Å². The lowest BCUT2D eigenvalue weighted by Crippen LogP contribution is -2.61. The van der Waals surface area contributed by atoms with Gasteiger partial charge in [-0.05, 0) is 142 Å². The zero-order valence-corrected chi connectivity index (χ0v) is 75.2. The number of allylic oxidation sites excluding steroid dienone is 5. The van der Waals surface area contributed by atoms with Crippen molar-refractivity contribution in [2.45, 2.75) is 212 Å². The van der Waals surface area contributed by atoms with Crippen molar-refractivity contribution in [3.63, 3.8) is 0 Å². The van der Waals surface area contributed by atoms with Gasteiger partial charge >= 0.3 is 12.1 Å². The summed E-state index contributed by atoms with van der Waals surface area (Å²) in [6.07, 6.45) is 15.1. The van der Waals surface area contributed by atoms with Crippen molar-refractivity contribution in [3.05, 3.63) is 113 Å². The second kappa shape index (κ2) is 51.1. The molecular formula is C93H136N10O23. The van der Waals surface area contributed by atoms with E-state index in [0.717, 1.165) is 39.7 Å². The van der Waals surface area contributed by atoms with Gasteiger partial charge in [0.05, 0.1) is 148 Å². The fraction of sp³-hybridized carbons (Fsp3) is 0.656. The lowest BCUT2D eigenvalue weighted by molar-refractivity contribution is -0.265. The maximum atomic E-state index is 14.8. The molecule has 1 aliphatic carbocycles. The number of aromatic nitrogens is 6. The first-order valence-electron chi connectivity index (χ1n) is 44.9. The Kier molecular flexibility index (Phi) is 40.5. The number of carbonyl (C=O) groups excluding carboxylic acids is 6. The number of aromatic amines is 1. The van der Waals surface area contributed by atoms with E-state index in [4.69, 9.17) is 77.1 Å². The third-order valence-electron chi connectivity index (χ3n) is 24.7. The number of nitrogens with two attached hydrogens (primary N) is 1. The van der Waals surface area contributed by atoms with Crippen LogP contribution in [-0.2, 0) is 110 Å². The molecule has 5 aromatic rings. The summed E-state index contributed by atoms with van der Waals surface area (Å²) in [5, 5.41) is 45.3. The molecule has 8 heterocycles. The van der Waals surface area contributed by atoms with Crippen LogP contribution in [0.1, 0.15) is 149 Å². The summed E-state index contributed by atoms with van der Waals surface area (Å²) >= 11 is 0. The summed E-state index contributed by atoms with van der Waals surface area (Å²) in [4.78, 5) is 104. The van der Waals surface area contributed by atoms with Crippen LogP contribution >= 0.6 is 0 Å². The quantitative estimate of drug-likeness (QED) is 0.00933. The number of hydrogen-bond donors (Lipinski definition) is 6. The molecule has 16 atom stereocenters. The highest BCUT2D eigenvalue weighted by atomic mass is 16.6. The summed E-state index contributed by atoms with van der Waals surface area (Å²) < 4.78 is 83.0. The highest BCUT2D eigenvalue weighted by Crippen LogP contribution is 2.40. The average Bonchev–Trinajstić information content (AvgIpc) is 1.49. The molecule has 2 bridgehead atoms. The number of rotatable bonds is 37. The first kappa shape index (κ1) is 99.8. The number of H-pyrrole nitrogens is 1. The number of aliphatic hydroxyl groups excluding tert-OH is 2. The van der Waals surface area contributed by atoms with Crippen molar-refractivity contribution < 1.29 is 110 Å². The van der Waals surface area contributed by atoms with E-state index in [1.165, 1.54) is 23.9 Å². The van der Waals surface area contributed by atoms with E-state index in [9.17, 15) is 44.1 Å². The number of pyridine rings is 1. The molecule has 0 spiro atoms. The summed E-state index contributed by atoms with van der Waals surface area (Å²) in [6.45, 7) is 20.6. The maximum Gasteiger partial charge on any atom is 0.407 e. The first-order valence-corrected chi connectivity index (χ1v) is 44.9. The predicted molar refractivity (Wildman–Crippen MR) is 469 cm³/mol. The number of benzene rings is 1. The molecule has 7 N–H and O–H groups in total. The number of carbonyl (C=O) groups is 6. The average molecular weight is 1760 g/mol. The van der Waals surface area contributed by atoms with Gasteiger partial charge in [0.2, 0.25) is 11.7 Å². The Labute approximate surface area is 739 Å². The fourth-order valence-corrected chi connectivity index (χ4v) is 17.2. The minimum absolute atomic E-state index is 0.00604. The van der Waals surface area contributed by atoms with Crippen LogP contribution in [0.4, 0.5) is 10.6 Å². The third-order valence-corrected chi connectivity index (χ3v) is 24.7. The number of amides is 3. The lowest BCUT2D eigenvalue weighted by Gasteiger charge is -2.43. The smallest absolute Gasteiger partial charge is 0.407 e. The van der Waals surface area contributed by atoms with Crippen molar-refractivity contribution in [1.82, 2.24) is 44.8 Å². The highest BCUT2D eigenvalue weighted by Gasteiger charge is 2.53. The van der Waals surface area contributed by atoms with Crippen LogP contribution in [0.15, 0.2) is 96.7 Å². The molecule has 0 radical (unpaired) electrons.